The summed E-state index contributed by atoms with van der Waals surface area (Å²) in [7, 11) is -1.42. The monoisotopic (exact) mass is 209 g/mol. The van der Waals surface area contributed by atoms with Crippen molar-refractivity contribution in [3.63, 3.8) is 0 Å². The predicted molar refractivity (Wildman–Crippen MR) is 53.6 cm³/mol. The van der Waals surface area contributed by atoms with Gasteiger partial charge in [-0.25, -0.2) is 8.42 Å². The fourth-order valence-electron chi connectivity index (χ4n) is 1.10. The van der Waals surface area contributed by atoms with Gasteiger partial charge in [0.1, 0.15) is 0 Å². The SMILES string of the molecule is CCNC(COC)C(C)S(C)(=O)=O. The Hall–Kier alpha value is -0.130. The van der Waals surface area contributed by atoms with Gasteiger partial charge >= 0.3 is 0 Å². The highest BCUT2D eigenvalue weighted by Crippen LogP contribution is 2.04. The van der Waals surface area contributed by atoms with Crippen LogP contribution < -0.4 is 5.32 Å². The van der Waals surface area contributed by atoms with Crippen molar-refractivity contribution in [3.8, 4) is 0 Å². The molecule has 0 spiro atoms. The van der Waals surface area contributed by atoms with E-state index in [9.17, 15) is 8.42 Å². The third-order valence-electron chi connectivity index (χ3n) is 2.05. The maximum atomic E-state index is 11.2. The maximum Gasteiger partial charge on any atom is 0.151 e. The van der Waals surface area contributed by atoms with E-state index in [0.717, 1.165) is 6.54 Å². The summed E-state index contributed by atoms with van der Waals surface area (Å²) in [5, 5.41) is 2.68. The molecule has 0 bridgehead atoms. The Bertz CT molecular complexity index is 220. The van der Waals surface area contributed by atoms with Crippen LogP contribution in [0.15, 0.2) is 0 Å². The molecule has 0 aromatic heterocycles. The van der Waals surface area contributed by atoms with Crippen molar-refractivity contribution < 1.29 is 13.2 Å². The molecule has 0 rings (SSSR count). The van der Waals surface area contributed by atoms with Crippen molar-refractivity contribution >= 4 is 9.84 Å². The summed E-state index contributed by atoms with van der Waals surface area (Å²) < 4.78 is 27.4. The second-order valence-electron chi connectivity index (χ2n) is 3.15. The average molecular weight is 209 g/mol. The first kappa shape index (κ1) is 12.9. The van der Waals surface area contributed by atoms with Crippen molar-refractivity contribution in [2.24, 2.45) is 0 Å². The summed E-state index contributed by atoms with van der Waals surface area (Å²) in [6.45, 7) is 4.80. The molecule has 0 aromatic rings. The van der Waals surface area contributed by atoms with Gasteiger partial charge in [-0.2, -0.15) is 0 Å². The first-order valence-electron chi connectivity index (χ1n) is 4.34. The van der Waals surface area contributed by atoms with Crippen molar-refractivity contribution in [1.29, 1.82) is 0 Å². The average Bonchev–Trinajstić information content (AvgIpc) is 2.01. The highest BCUT2D eigenvalue weighted by Gasteiger charge is 2.24. The molecule has 0 saturated heterocycles. The van der Waals surface area contributed by atoms with Crippen LogP contribution in [0.3, 0.4) is 0 Å². The Morgan fingerprint density at radius 2 is 2.00 bits per heavy atom. The molecule has 0 amide bonds. The third-order valence-corrected chi connectivity index (χ3v) is 3.73. The van der Waals surface area contributed by atoms with Crippen LogP contribution in [0.25, 0.3) is 0 Å². The first-order valence-corrected chi connectivity index (χ1v) is 6.30. The van der Waals surface area contributed by atoms with Crippen LogP contribution in [0.1, 0.15) is 13.8 Å². The van der Waals surface area contributed by atoms with E-state index >= 15 is 0 Å². The summed E-state index contributed by atoms with van der Waals surface area (Å²) >= 11 is 0. The van der Waals surface area contributed by atoms with E-state index in [1.54, 1.807) is 14.0 Å². The smallest absolute Gasteiger partial charge is 0.151 e. The number of ether oxygens (including phenoxy) is 1. The van der Waals surface area contributed by atoms with E-state index in [1.165, 1.54) is 6.26 Å². The van der Waals surface area contributed by atoms with Crippen LogP contribution in [-0.4, -0.2) is 46.2 Å². The molecule has 0 aliphatic carbocycles. The molecule has 0 heterocycles. The lowest BCUT2D eigenvalue weighted by Crippen LogP contribution is -2.45. The number of likely N-dealkylation sites (N-methyl/N-ethyl adjacent to an activating group) is 1. The maximum absolute atomic E-state index is 11.2. The molecule has 0 aromatic carbocycles. The van der Waals surface area contributed by atoms with Gasteiger partial charge in [0.15, 0.2) is 9.84 Å². The van der Waals surface area contributed by atoms with Crippen molar-refractivity contribution in [2.75, 3.05) is 26.5 Å². The topological polar surface area (TPSA) is 55.4 Å². The minimum absolute atomic E-state index is 0.120. The lowest BCUT2D eigenvalue weighted by molar-refractivity contribution is 0.166. The zero-order chi connectivity index (χ0) is 10.5. The molecule has 0 radical (unpaired) electrons. The second kappa shape index (κ2) is 5.57. The molecule has 13 heavy (non-hydrogen) atoms. The lowest BCUT2D eigenvalue weighted by atomic mass is 10.2. The van der Waals surface area contributed by atoms with E-state index in [1.807, 2.05) is 6.92 Å². The molecule has 1 N–H and O–H groups in total. The van der Waals surface area contributed by atoms with Gasteiger partial charge in [0.25, 0.3) is 0 Å². The molecule has 4 nitrogen and oxygen atoms in total. The Kier molecular flexibility index (Phi) is 5.51. The fourth-order valence-corrected chi connectivity index (χ4v) is 1.87. The zero-order valence-electron chi connectivity index (χ0n) is 8.70. The molecule has 0 aliphatic rings. The third kappa shape index (κ3) is 4.59. The van der Waals surface area contributed by atoms with Crippen LogP contribution in [-0.2, 0) is 14.6 Å². The van der Waals surface area contributed by atoms with Crippen LogP contribution in [0, 0.1) is 0 Å². The van der Waals surface area contributed by atoms with E-state index < -0.39 is 15.1 Å². The second-order valence-corrected chi connectivity index (χ2v) is 5.56. The minimum Gasteiger partial charge on any atom is -0.383 e. The Morgan fingerprint density at radius 3 is 2.31 bits per heavy atom. The Labute approximate surface area is 80.6 Å². The molecule has 2 unspecified atom stereocenters. The molecule has 0 saturated carbocycles. The molecule has 0 aliphatic heterocycles. The number of nitrogens with one attached hydrogen (secondary N) is 1. The van der Waals surface area contributed by atoms with E-state index in [-0.39, 0.29) is 6.04 Å². The summed E-state index contributed by atoms with van der Waals surface area (Å²) in [4.78, 5) is 0. The van der Waals surface area contributed by atoms with Gasteiger partial charge in [-0.15, -0.1) is 0 Å². The minimum atomic E-state index is -2.99. The molecular formula is C8H19NO3S. The van der Waals surface area contributed by atoms with Crippen molar-refractivity contribution in [1.82, 2.24) is 5.32 Å². The van der Waals surface area contributed by atoms with Crippen LogP contribution in [0.5, 0.6) is 0 Å². The molecule has 5 heteroatoms. The van der Waals surface area contributed by atoms with Gasteiger partial charge < -0.3 is 10.1 Å². The summed E-state index contributed by atoms with van der Waals surface area (Å²) in [5.74, 6) is 0. The summed E-state index contributed by atoms with van der Waals surface area (Å²) in [6, 6.07) is -0.120. The number of methoxy groups -OCH3 is 1. The van der Waals surface area contributed by atoms with Crippen LogP contribution >= 0.6 is 0 Å². The normalized spacial score (nSPS) is 16.9. The van der Waals surface area contributed by atoms with Gasteiger partial charge in [-0.1, -0.05) is 6.92 Å². The van der Waals surface area contributed by atoms with Gasteiger partial charge in [-0.05, 0) is 13.5 Å². The van der Waals surface area contributed by atoms with Crippen molar-refractivity contribution in [3.05, 3.63) is 0 Å². The highest BCUT2D eigenvalue weighted by atomic mass is 32.2. The van der Waals surface area contributed by atoms with Gasteiger partial charge in [0, 0.05) is 19.4 Å². The first-order chi connectivity index (χ1) is 5.93. The highest BCUT2D eigenvalue weighted by molar-refractivity contribution is 7.91. The van der Waals surface area contributed by atoms with E-state index in [4.69, 9.17) is 4.74 Å². The van der Waals surface area contributed by atoms with Gasteiger partial charge in [-0.3, -0.25) is 0 Å². The standard InChI is InChI=1S/C8H19NO3S/c1-5-9-8(6-12-3)7(2)13(4,10)11/h7-9H,5-6H2,1-4H3. The summed E-state index contributed by atoms with van der Waals surface area (Å²) in [5.41, 5.74) is 0. The van der Waals surface area contributed by atoms with E-state index in [0.29, 0.717) is 6.61 Å². The lowest BCUT2D eigenvalue weighted by Gasteiger charge is -2.22. The number of hydrogen-bond acceptors (Lipinski definition) is 4. The molecule has 0 fully saturated rings. The van der Waals surface area contributed by atoms with Gasteiger partial charge in [0.2, 0.25) is 0 Å². The molecule has 2 atom stereocenters. The number of rotatable bonds is 6. The Balaban J connectivity index is 4.36. The van der Waals surface area contributed by atoms with Gasteiger partial charge in [0.05, 0.1) is 11.9 Å². The van der Waals surface area contributed by atoms with Crippen molar-refractivity contribution in [2.45, 2.75) is 25.1 Å². The summed E-state index contributed by atoms with van der Waals surface area (Å²) in [6.07, 6.45) is 1.25. The molecular weight excluding hydrogens is 190 g/mol. The number of sulfone groups is 1. The quantitative estimate of drug-likeness (QED) is 0.671. The zero-order valence-corrected chi connectivity index (χ0v) is 9.52. The fraction of sp³-hybridized carbons (Fsp3) is 1.00. The largest absolute Gasteiger partial charge is 0.383 e. The van der Waals surface area contributed by atoms with E-state index in [2.05, 4.69) is 5.32 Å². The van der Waals surface area contributed by atoms with Crippen LogP contribution in [0.2, 0.25) is 0 Å². The van der Waals surface area contributed by atoms with Crippen LogP contribution in [0.4, 0.5) is 0 Å². The Morgan fingerprint density at radius 1 is 1.46 bits per heavy atom. The molecule has 80 valence electrons. The predicted octanol–water partition coefficient (Wildman–Crippen LogP) is 0.0440. The number of hydrogen-bond donors (Lipinski definition) is 1.